The number of para-hydroxylation sites is 1. The number of nitrogens with two attached hydrogens (primary N) is 1. The van der Waals surface area contributed by atoms with E-state index < -0.39 is 0 Å². The highest BCUT2D eigenvalue weighted by atomic mass is 15.1. The maximum Gasteiger partial charge on any atom is 0.153 e. The normalized spacial score (nSPS) is 13.0. The highest BCUT2D eigenvalue weighted by Crippen LogP contribution is 2.12. The fourth-order valence-electron chi connectivity index (χ4n) is 1.51. The highest BCUT2D eigenvalue weighted by molar-refractivity contribution is 5.76. The van der Waals surface area contributed by atoms with Gasteiger partial charge in [-0.1, -0.05) is 12.1 Å². The molecule has 0 amide bonds. The number of rotatable bonds is 2. The Labute approximate surface area is 88.5 Å². The zero-order chi connectivity index (χ0) is 10.8. The molecule has 4 heteroatoms. The molecule has 1 heterocycles. The van der Waals surface area contributed by atoms with Crippen molar-refractivity contribution in [1.29, 1.82) is 0 Å². The lowest BCUT2D eigenvalue weighted by atomic mass is 10.2. The van der Waals surface area contributed by atoms with Crippen LogP contribution in [0.3, 0.4) is 0 Å². The Bertz CT molecular complexity index is 479. The summed E-state index contributed by atoms with van der Waals surface area (Å²) >= 11 is 0. The monoisotopic (exact) mass is 202 g/mol. The zero-order valence-corrected chi connectivity index (χ0v) is 8.94. The summed E-state index contributed by atoms with van der Waals surface area (Å²) in [6.45, 7) is 3.96. The van der Waals surface area contributed by atoms with Crippen LogP contribution in [0.25, 0.3) is 11.0 Å². The van der Waals surface area contributed by atoms with E-state index in [4.69, 9.17) is 5.73 Å². The van der Waals surface area contributed by atoms with Crippen molar-refractivity contribution in [3.05, 3.63) is 29.6 Å². The average Bonchev–Trinajstić information content (AvgIpc) is 2.18. The minimum absolute atomic E-state index is 0.0632. The summed E-state index contributed by atoms with van der Waals surface area (Å²) in [5, 5.41) is 8.17. The molecule has 2 rings (SSSR count). The van der Waals surface area contributed by atoms with Gasteiger partial charge in [-0.25, -0.2) is 4.98 Å². The molecule has 0 aliphatic rings. The molecule has 0 aliphatic heterocycles. The first-order valence-electron chi connectivity index (χ1n) is 5.01. The molecule has 1 aromatic heterocycles. The van der Waals surface area contributed by atoms with E-state index in [0.717, 1.165) is 16.6 Å². The number of hydrogen-bond donors (Lipinski definition) is 1. The van der Waals surface area contributed by atoms with Gasteiger partial charge >= 0.3 is 0 Å². The van der Waals surface area contributed by atoms with E-state index in [1.807, 2.05) is 32.0 Å². The molecular weight excluding hydrogens is 188 g/mol. The number of nitrogens with zero attached hydrogens (tertiary/aromatic N) is 3. The Hall–Kier alpha value is -1.55. The molecule has 2 aromatic rings. The van der Waals surface area contributed by atoms with Crippen molar-refractivity contribution in [3.8, 4) is 0 Å². The van der Waals surface area contributed by atoms with Gasteiger partial charge in [0.05, 0.1) is 5.52 Å². The topological polar surface area (TPSA) is 64.7 Å². The Kier molecular flexibility index (Phi) is 2.60. The molecule has 0 radical (unpaired) electrons. The van der Waals surface area contributed by atoms with Crippen LogP contribution < -0.4 is 5.73 Å². The van der Waals surface area contributed by atoms with Crippen LogP contribution in [0.2, 0.25) is 0 Å². The van der Waals surface area contributed by atoms with Crippen molar-refractivity contribution in [2.24, 2.45) is 5.73 Å². The molecule has 0 fully saturated rings. The molecule has 2 N–H and O–H groups in total. The van der Waals surface area contributed by atoms with Gasteiger partial charge in [0.2, 0.25) is 0 Å². The first-order chi connectivity index (χ1) is 7.16. The molecule has 0 saturated carbocycles. The summed E-state index contributed by atoms with van der Waals surface area (Å²) in [4.78, 5) is 4.46. The lowest BCUT2D eigenvalue weighted by molar-refractivity contribution is 0.692. The number of benzene rings is 1. The summed E-state index contributed by atoms with van der Waals surface area (Å²) in [7, 11) is 0. The van der Waals surface area contributed by atoms with Crippen molar-refractivity contribution in [1.82, 2.24) is 15.2 Å². The Balaban J connectivity index is 2.50. The number of fused-ring (bicyclic) bond motifs is 1. The standard InChI is InChI=1S/C11H14N4/c1-7-4-3-5-9-11(7)13-10(15-14-9)6-8(2)12/h3-5,8H,6,12H2,1-2H3. The van der Waals surface area contributed by atoms with Crippen molar-refractivity contribution < 1.29 is 0 Å². The fourth-order valence-corrected chi connectivity index (χ4v) is 1.51. The molecule has 4 nitrogen and oxygen atoms in total. The van der Waals surface area contributed by atoms with E-state index in [2.05, 4.69) is 15.2 Å². The molecule has 1 atom stereocenters. The van der Waals surface area contributed by atoms with Gasteiger partial charge in [0.1, 0.15) is 5.52 Å². The summed E-state index contributed by atoms with van der Waals surface area (Å²) in [6, 6.07) is 5.96. The van der Waals surface area contributed by atoms with E-state index in [9.17, 15) is 0 Å². The zero-order valence-electron chi connectivity index (χ0n) is 8.94. The van der Waals surface area contributed by atoms with Crippen LogP contribution in [0.4, 0.5) is 0 Å². The van der Waals surface area contributed by atoms with Gasteiger partial charge in [0.25, 0.3) is 0 Å². The Morgan fingerprint density at radius 3 is 2.87 bits per heavy atom. The van der Waals surface area contributed by atoms with Crippen molar-refractivity contribution in [2.75, 3.05) is 0 Å². The molecule has 1 aromatic carbocycles. The minimum Gasteiger partial charge on any atom is -0.328 e. The maximum absolute atomic E-state index is 5.70. The summed E-state index contributed by atoms with van der Waals surface area (Å²) in [5.41, 5.74) is 8.57. The van der Waals surface area contributed by atoms with Crippen LogP contribution in [-0.4, -0.2) is 21.2 Å². The van der Waals surface area contributed by atoms with Gasteiger partial charge in [-0.15, -0.1) is 10.2 Å². The van der Waals surface area contributed by atoms with Crippen LogP contribution in [0.15, 0.2) is 18.2 Å². The first kappa shape index (κ1) is 9.98. The van der Waals surface area contributed by atoms with Gasteiger partial charge in [0.15, 0.2) is 5.82 Å². The number of aryl methyl sites for hydroxylation is 1. The van der Waals surface area contributed by atoms with E-state index in [-0.39, 0.29) is 6.04 Å². The van der Waals surface area contributed by atoms with Crippen molar-refractivity contribution in [2.45, 2.75) is 26.3 Å². The molecule has 0 bridgehead atoms. The van der Waals surface area contributed by atoms with Gasteiger partial charge in [-0.3, -0.25) is 0 Å². The van der Waals surface area contributed by atoms with Crippen molar-refractivity contribution >= 4 is 11.0 Å². The first-order valence-corrected chi connectivity index (χ1v) is 5.01. The van der Waals surface area contributed by atoms with E-state index in [1.54, 1.807) is 0 Å². The summed E-state index contributed by atoms with van der Waals surface area (Å²) in [6.07, 6.45) is 0.664. The molecular formula is C11H14N4. The molecule has 0 saturated heterocycles. The molecule has 78 valence electrons. The second-order valence-electron chi connectivity index (χ2n) is 3.85. The summed E-state index contributed by atoms with van der Waals surface area (Å²) in [5.74, 6) is 0.715. The molecule has 1 unspecified atom stereocenters. The van der Waals surface area contributed by atoms with Crippen molar-refractivity contribution in [3.63, 3.8) is 0 Å². The second-order valence-corrected chi connectivity index (χ2v) is 3.85. The summed E-state index contributed by atoms with van der Waals surface area (Å²) < 4.78 is 0. The van der Waals surface area contributed by atoms with Gasteiger partial charge in [-0.2, -0.15) is 0 Å². The van der Waals surface area contributed by atoms with Crippen LogP contribution in [0.5, 0.6) is 0 Å². The highest BCUT2D eigenvalue weighted by Gasteiger charge is 2.05. The second kappa shape index (κ2) is 3.90. The number of aromatic nitrogens is 3. The molecule has 0 aliphatic carbocycles. The van der Waals surface area contributed by atoms with E-state index >= 15 is 0 Å². The SMILES string of the molecule is Cc1cccc2nnc(CC(C)N)nc12. The largest absolute Gasteiger partial charge is 0.328 e. The van der Waals surface area contributed by atoms with Gasteiger partial charge < -0.3 is 5.73 Å². The molecule has 15 heavy (non-hydrogen) atoms. The Morgan fingerprint density at radius 1 is 1.33 bits per heavy atom. The maximum atomic E-state index is 5.70. The third kappa shape index (κ3) is 2.10. The lowest BCUT2D eigenvalue weighted by Crippen LogP contribution is -2.19. The quantitative estimate of drug-likeness (QED) is 0.795. The predicted molar refractivity (Wildman–Crippen MR) is 59.4 cm³/mol. The lowest BCUT2D eigenvalue weighted by Gasteiger charge is -2.04. The van der Waals surface area contributed by atoms with Crippen LogP contribution >= 0.6 is 0 Å². The molecule has 0 spiro atoms. The third-order valence-electron chi connectivity index (χ3n) is 2.24. The average molecular weight is 202 g/mol. The Morgan fingerprint density at radius 2 is 2.13 bits per heavy atom. The van der Waals surface area contributed by atoms with E-state index in [0.29, 0.717) is 12.2 Å². The fraction of sp³-hybridized carbons (Fsp3) is 0.364. The van der Waals surface area contributed by atoms with Crippen LogP contribution in [0, 0.1) is 6.92 Å². The van der Waals surface area contributed by atoms with Crippen LogP contribution in [-0.2, 0) is 6.42 Å². The smallest absolute Gasteiger partial charge is 0.153 e. The number of hydrogen-bond acceptors (Lipinski definition) is 4. The van der Waals surface area contributed by atoms with Gasteiger partial charge in [-0.05, 0) is 25.5 Å². The van der Waals surface area contributed by atoms with E-state index in [1.165, 1.54) is 0 Å². The van der Waals surface area contributed by atoms with Gasteiger partial charge in [0, 0.05) is 12.5 Å². The van der Waals surface area contributed by atoms with Crippen LogP contribution in [0.1, 0.15) is 18.3 Å². The minimum atomic E-state index is 0.0632. The third-order valence-corrected chi connectivity index (χ3v) is 2.24. The predicted octanol–water partition coefficient (Wildman–Crippen LogP) is 1.22.